The average Bonchev–Trinajstić information content (AvgIpc) is 3.19. The molecule has 0 radical (unpaired) electrons. The minimum absolute atomic E-state index is 0.112. The van der Waals surface area contributed by atoms with Crippen molar-refractivity contribution >= 4 is 11.7 Å². The molecule has 27 heavy (non-hydrogen) atoms. The van der Waals surface area contributed by atoms with Gasteiger partial charge >= 0.3 is 6.03 Å². The molecule has 0 fully saturated rings. The lowest BCUT2D eigenvalue weighted by Gasteiger charge is -2.29. The van der Waals surface area contributed by atoms with Crippen LogP contribution in [0.5, 0.6) is 0 Å². The van der Waals surface area contributed by atoms with Gasteiger partial charge in [0, 0.05) is 30.7 Å². The van der Waals surface area contributed by atoms with Crippen molar-refractivity contribution < 1.29 is 4.79 Å². The van der Waals surface area contributed by atoms with Crippen molar-refractivity contribution in [2.75, 3.05) is 5.32 Å². The van der Waals surface area contributed by atoms with Crippen LogP contribution in [0.2, 0.25) is 0 Å². The van der Waals surface area contributed by atoms with Crippen LogP contribution in [0.3, 0.4) is 0 Å². The van der Waals surface area contributed by atoms with Crippen LogP contribution in [0.25, 0.3) is 0 Å². The Morgan fingerprint density at radius 2 is 2.00 bits per heavy atom. The minimum Gasteiger partial charge on any atom is -0.318 e. The van der Waals surface area contributed by atoms with Crippen molar-refractivity contribution in [2.24, 2.45) is 0 Å². The number of hydrogen-bond acceptors (Lipinski definition) is 4. The fourth-order valence-electron chi connectivity index (χ4n) is 2.78. The SMILES string of the molecule is CC[C@H](C)N(Cc1ccncc1)C(=O)Nc1cccc(Cn2cncn2)c1. The van der Waals surface area contributed by atoms with Crippen LogP contribution in [0.15, 0.2) is 61.4 Å². The molecule has 0 aliphatic rings. The lowest BCUT2D eigenvalue weighted by Crippen LogP contribution is -2.40. The number of benzene rings is 1. The van der Waals surface area contributed by atoms with Gasteiger partial charge in [0.25, 0.3) is 0 Å². The monoisotopic (exact) mass is 364 g/mol. The molecular formula is C20H24N6O. The first-order chi connectivity index (χ1) is 13.2. The van der Waals surface area contributed by atoms with Gasteiger partial charge in [0.05, 0.1) is 6.54 Å². The molecule has 0 spiro atoms. The molecule has 0 aliphatic carbocycles. The number of rotatable bonds is 7. The van der Waals surface area contributed by atoms with E-state index in [1.165, 1.54) is 6.33 Å². The van der Waals surface area contributed by atoms with Gasteiger partial charge in [-0.2, -0.15) is 5.10 Å². The van der Waals surface area contributed by atoms with E-state index in [9.17, 15) is 4.79 Å². The molecule has 0 bridgehead atoms. The first-order valence-electron chi connectivity index (χ1n) is 9.03. The maximum absolute atomic E-state index is 12.9. The average molecular weight is 364 g/mol. The second-order valence-electron chi connectivity index (χ2n) is 6.46. The number of pyridine rings is 1. The van der Waals surface area contributed by atoms with Gasteiger partial charge in [-0.05, 0) is 48.7 Å². The highest BCUT2D eigenvalue weighted by Gasteiger charge is 2.19. The van der Waals surface area contributed by atoms with Crippen molar-refractivity contribution in [3.8, 4) is 0 Å². The van der Waals surface area contributed by atoms with Crippen molar-refractivity contribution in [1.82, 2.24) is 24.6 Å². The van der Waals surface area contributed by atoms with Gasteiger partial charge in [-0.15, -0.1) is 0 Å². The predicted molar refractivity (Wildman–Crippen MR) is 104 cm³/mol. The minimum atomic E-state index is -0.112. The van der Waals surface area contributed by atoms with E-state index in [4.69, 9.17) is 0 Å². The topological polar surface area (TPSA) is 75.9 Å². The Bertz CT molecular complexity index is 850. The molecule has 7 heteroatoms. The number of amides is 2. The maximum atomic E-state index is 12.9. The van der Waals surface area contributed by atoms with Crippen LogP contribution in [0.1, 0.15) is 31.4 Å². The van der Waals surface area contributed by atoms with Gasteiger partial charge in [-0.25, -0.2) is 14.5 Å². The zero-order valence-electron chi connectivity index (χ0n) is 15.6. The molecule has 2 amide bonds. The highest BCUT2D eigenvalue weighted by atomic mass is 16.2. The molecule has 2 heterocycles. The molecule has 0 aliphatic heterocycles. The largest absolute Gasteiger partial charge is 0.322 e. The predicted octanol–water partition coefficient (Wildman–Crippen LogP) is 3.55. The van der Waals surface area contributed by atoms with Crippen molar-refractivity contribution in [3.05, 3.63) is 72.6 Å². The molecule has 2 aromatic heterocycles. The first-order valence-corrected chi connectivity index (χ1v) is 9.03. The summed E-state index contributed by atoms with van der Waals surface area (Å²) in [6.07, 6.45) is 7.55. The summed E-state index contributed by atoms with van der Waals surface area (Å²) in [6, 6.07) is 11.7. The maximum Gasteiger partial charge on any atom is 0.322 e. The van der Waals surface area contributed by atoms with Crippen molar-refractivity contribution in [3.63, 3.8) is 0 Å². The van der Waals surface area contributed by atoms with Gasteiger partial charge in [-0.3, -0.25) is 4.98 Å². The second-order valence-corrected chi connectivity index (χ2v) is 6.46. The van der Waals surface area contributed by atoms with E-state index in [0.717, 1.165) is 23.2 Å². The Labute approximate surface area is 159 Å². The van der Waals surface area contributed by atoms with E-state index in [2.05, 4.69) is 34.2 Å². The molecule has 3 aromatic rings. The lowest BCUT2D eigenvalue weighted by molar-refractivity contribution is 0.187. The van der Waals surface area contributed by atoms with Crippen molar-refractivity contribution in [2.45, 2.75) is 39.4 Å². The summed E-state index contributed by atoms with van der Waals surface area (Å²) in [5.74, 6) is 0. The Morgan fingerprint density at radius 3 is 2.70 bits per heavy atom. The molecule has 140 valence electrons. The lowest BCUT2D eigenvalue weighted by atomic mass is 10.1. The Kier molecular flexibility index (Phi) is 6.14. The Balaban J connectivity index is 1.71. The number of carbonyl (C=O) groups is 1. The zero-order chi connectivity index (χ0) is 19.1. The summed E-state index contributed by atoms with van der Waals surface area (Å²) in [5.41, 5.74) is 2.86. The van der Waals surface area contributed by atoms with Gasteiger partial charge in [0.2, 0.25) is 0 Å². The quantitative estimate of drug-likeness (QED) is 0.695. The van der Waals surface area contributed by atoms with Crippen molar-refractivity contribution in [1.29, 1.82) is 0 Å². The standard InChI is InChI=1S/C20H24N6O/c1-3-16(2)26(13-17-7-9-21-10-8-17)20(27)24-19-6-4-5-18(11-19)12-25-15-22-14-23-25/h4-11,14-16H,3,12-13H2,1-2H3,(H,24,27)/t16-/m0/s1. The van der Waals surface area contributed by atoms with Gasteiger partial charge in [0.15, 0.2) is 0 Å². The Morgan fingerprint density at radius 1 is 1.19 bits per heavy atom. The number of aromatic nitrogens is 4. The summed E-state index contributed by atoms with van der Waals surface area (Å²) < 4.78 is 1.75. The molecule has 1 N–H and O–H groups in total. The molecule has 7 nitrogen and oxygen atoms in total. The van der Waals surface area contributed by atoms with E-state index in [1.807, 2.05) is 41.3 Å². The van der Waals surface area contributed by atoms with Crippen LogP contribution in [0.4, 0.5) is 10.5 Å². The number of hydrogen-bond donors (Lipinski definition) is 1. The molecule has 3 rings (SSSR count). The van der Waals surface area contributed by atoms with Gasteiger partial charge in [0.1, 0.15) is 12.7 Å². The van der Waals surface area contributed by atoms with E-state index in [1.54, 1.807) is 23.4 Å². The fourth-order valence-corrected chi connectivity index (χ4v) is 2.78. The summed E-state index contributed by atoms with van der Waals surface area (Å²) in [7, 11) is 0. The number of carbonyl (C=O) groups excluding carboxylic acids is 1. The third-order valence-corrected chi connectivity index (χ3v) is 4.48. The van der Waals surface area contributed by atoms with Gasteiger partial charge < -0.3 is 10.2 Å². The third kappa shape index (κ3) is 5.13. The van der Waals surface area contributed by atoms with Crippen LogP contribution in [-0.2, 0) is 13.1 Å². The van der Waals surface area contributed by atoms with E-state index >= 15 is 0 Å². The molecular weight excluding hydrogens is 340 g/mol. The van der Waals surface area contributed by atoms with Crippen LogP contribution in [-0.4, -0.2) is 36.7 Å². The van der Waals surface area contributed by atoms with E-state index in [-0.39, 0.29) is 12.1 Å². The van der Waals surface area contributed by atoms with E-state index < -0.39 is 0 Å². The number of anilines is 1. The summed E-state index contributed by atoms with van der Waals surface area (Å²) in [5, 5.41) is 7.14. The first kappa shape index (κ1) is 18.6. The molecule has 0 unspecified atom stereocenters. The molecule has 0 saturated heterocycles. The zero-order valence-corrected chi connectivity index (χ0v) is 15.6. The number of nitrogens with one attached hydrogen (secondary N) is 1. The molecule has 0 saturated carbocycles. The summed E-state index contributed by atoms with van der Waals surface area (Å²) in [6.45, 7) is 5.29. The van der Waals surface area contributed by atoms with E-state index in [0.29, 0.717) is 13.1 Å². The highest BCUT2D eigenvalue weighted by Crippen LogP contribution is 2.16. The van der Waals surface area contributed by atoms with Gasteiger partial charge in [-0.1, -0.05) is 19.1 Å². The fraction of sp³-hybridized carbons (Fsp3) is 0.300. The third-order valence-electron chi connectivity index (χ3n) is 4.48. The van der Waals surface area contributed by atoms with Crippen LogP contribution < -0.4 is 5.32 Å². The smallest absolute Gasteiger partial charge is 0.318 e. The number of urea groups is 1. The van der Waals surface area contributed by atoms with Crippen LogP contribution >= 0.6 is 0 Å². The molecule has 1 atom stereocenters. The normalized spacial score (nSPS) is 11.8. The summed E-state index contributed by atoms with van der Waals surface area (Å²) >= 11 is 0. The second kappa shape index (κ2) is 8.93. The number of nitrogens with zero attached hydrogens (tertiary/aromatic N) is 5. The highest BCUT2D eigenvalue weighted by molar-refractivity contribution is 5.89. The van der Waals surface area contributed by atoms with Crippen LogP contribution in [0, 0.1) is 0 Å². The Hall–Kier alpha value is -3.22. The molecule has 1 aromatic carbocycles. The summed E-state index contributed by atoms with van der Waals surface area (Å²) in [4.78, 5) is 22.8.